The second-order valence-electron chi connectivity index (χ2n) is 8.06. The number of nitrogens with one attached hydrogen (secondary N) is 1. The number of likely N-dealkylation sites (tertiary alicyclic amines) is 1. The van der Waals surface area contributed by atoms with E-state index in [-0.39, 0.29) is 12.1 Å². The number of ether oxygens (including phenoxy) is 1. The maximum atomic E-state index is 12.7. The van der Waals surface area contributed by atoms with Crippen molar-refractivity contribution in [1.82, 2.24) is 19.8 Å². The average molecular weight is 390 g/mol. The molecule has 2 rings (SSSR count). The SMILES string of the molecule is CC(NC(=O)OC(C)(C)C)C1CCCCN1Cc1nccn1CC(F)(F)F. The lowest BCUT2D eigenvalue weighted by molar-refractivity contribution is -0.141. The van der Waals surface area contributed by atoms with Crippen LogP contribution in [0.5, 0.6) is 0 Å². The third-order valence-corrected chi connectivity index (χ3v) is 4.48. The van der Waals surface area contributed by atoms with Gasteiger partial charge in [-0.1, -0.05) is 6.42 Å². The van der Waals surface area contributed by atoms with E-state index in [4.69, 9.17) is 4.74 Å². The molecule has 0 aliphatic carbocycles. The molecule has 1 aliphatic heterocycles. The van der Waals surface area contributed by atoms with E-state index in [9.17, 15) is 18.0 Å². The Hall–Kier alpha value is -1.77. The highest BCUT2D eigenvalue weighted by Gasteiger charge is 2.32. The number of rotatable bonds is 5. The molecule has 1 aromatic rings. The molecule has 1 saturated heterocycles. The zero-order valence-electron chi connectivity index (χ0n) is 16.3. The van der Waals surface area contributed by atoms with Crippen molar-refractivity contribution in [1.29, 1.82) is 0 Å². The zero-order valence-corrected chi connectivity index (χ0v) is 16.3. The summed E-state index contributed by atoms with van der Waals surface area (Å²) in [5.74, 6) is 0.378. The molecule has 0 saturated carbocycles. The van der Waals surface area contributed by atoms with Gasteiger partial charge in [0, 0.05) is 24.5 Å². The summed E-state index contributed by atoms with van der Waals surface area (Å²) in [6, 6.07) is -0.173. The minimum Gasteiger partial charge on any atom is -0.444 e. The van der Waals surface area contributed by atoms with Crippen molar-refractivity contribution >= 4 is 6.09 Å². The first kappa shape index (κ1) is 21.5. The maximum absolute atomic E-state index is 12.7. The number of carbonyl (C=O) groups is 1. The Bertz CT molecular complexity index is 625. The predicted molar refractivity (Wildman–Crippen MR) is 95.2 cm³/mol. The van der Waals surface area contributed by atoms with E-state index >= 15 is 0 Å². The molecule has 2 heterocycles. The lowest BCUT2D eigenvalue weighted by Gasteiger charge is -2.39. The second-order valence-corrected chi connectivity index (χ2v) is 8.06. The first-order valence-electron chi connectivity index (χ1n) is 9.25. The van der Waals surface area contributed by atoms with Crippen LogP contribution in [0.3, 0.4) is 0 Å². The van der Waals surface area contributed by atoms with Crippen molar-refractivity contribution in [3.05, 3.63) is 18.2 Å². The molecule has 0 bridgehead atoms. The van der Waals surface area contributed by atoms with Gasteiger partial charge in [0.05, 0.1) is 6.54 Å². The minimum absolute atomic E-state index is 0.0160. The Balaban J connectivity index is 2.03. The van der Waals surface area contributed by atoms with Crippen LogP contribution < -0.4 is 5.32 Å². The van der Waals surface area contributed by atoms with Gasteiger partial charge in [0.2, 0.25) is 0 Å². The molecular formula is C18H29F3N4O2. The van der Waals surface area contributed by atoms with Gasteiger partial charge in [0.15, 0.2) is 0 Å². The van der Waals surface area contributed by atoms with E-state index in [2.05, 4.69) is 15.2 Å². The predicted octanol–water partition coefficient (Wildman–Crippen LogP) is 3.71. The third-order valence-electron chi connectivity index (χ3n) is 4.48. The van der Waals surface area contributed by atoms with E-state index in [1.165, 1.54) is 12.4 Å². The van der Waals surface area contributed by atoms with Crippen LogP contribution in [-0.4, -0.2) is 51.0 Å². The normalized spacial score (nSPS) is 20.3. The van der Waals surface area contributed by atoms with E-state index in [1.807, 2.05) is 6.92 Å². The summed E-state index contributed by atoms with van der Waals surface area (Å²) in [7, 11) is 0. The lowest BCUT2D eigenvalue weighted by atomic mass is 9.96. The number of hydrogen-bond acceptors (Lipinski definition) is 4. The topological polar surface area (TPSA) is 59.4 Å². The number of halogens is 3. The molecule has 0 radical (unpaired) electrons. The van der Waals surface area contributed by atoms with Gasteiger partial charge < -0.3 is 14.6 Å². The monoisotopic (exact) mass is 390 g/mol. The summed E-state index contributed by atoms with van der Waals surface area (Å²) < 4.78 is 44.7. The Morgan fingerprint density at radius 2 is 2.07 bits per heavy atom. The number of alkyl carbamates (subject to hydrolysis) is 1. The van der Waals surface area contributed by atoms with Gasteiger partial charge in [-0.3, -0.25) is 4.90 Å². The van der Waals surface area contributed by atoms with Crippen LogP contribution in [0.4, 0.5) is 18.0 Å². The van der Waals surface area contributed by atoms with Crippen LogP contribution in [0.1, 0.15) is 52.8 Å². The summed E-state index contributed by atoms with van der Waals surface area (Å²) >= 11 is 0. The van der Waals surface area contributed by atoms with Crippen molar-refractivity contribution < 1.29 is 22.7 Å². The second kappa shape index (κ2) is 8.50. The summed E-state index contributed by atoms with van der Waals surface area (Å²) in [5, 5.41) is 2.86. The molecule has 1 aliphatic rings. The Kier molecular flexibility index (Phi) is 6.77. The highest BCUT2D eigenvalue weighted by Crippen LogP contribution is 2.24. The molecule has 27 heavy (non-hydrogen) atoms. The van der Waals surface area contributed by atoms with Crippen LogP contribution in [0.25, 0.3) is 0 Å². The van der Waals surface area contributed by atoms with Gasteiger partial charge in [-0.25, -0.2) is 9.78 Å². The smallest absolute Gasteiger partial charge is 0.407 e. The molecular weight excluding hydrogens is 361 g/mol. The third kappa shape index (κ3) is 7.04. The largest absolute Gasteiger partial charge is 0.444 e. The van der Waals surface area contributed by atoms with Crippen molar-refractivity contribution in [2.45, 2.75) is 83.9 Å². The van der Waals surface area contributed by atoms with Gasteiger partial charge in [0.25, 0.3) is 0 Å². The standard InChI is InChI=1S/C18H29F3N4O2/c1-13(23-16(26)27-17(2,3)4)14-7-5-6-9-24(14)11-15-22-8-10-25(15)12-18(19,20)21/h8,10,13-14H,5-7,9,11-12H2,1-4H3,(H,23,26). The molecule has 1 aromatic heterocycles. The van der Waals surface area contributed by atoms with Crippen molar-refractivity contribution in [3.8, 4) is 0 Å². The molecule has 154 valence electrons. The highest BCUT2D eigenvalue weighted by atomic mass is 19.4. The lowest BCUT2D eigenvalue weighted by Crippen LogP contribution is -2.52. The van der Waals surface area contributed by atoms with Crippen molar-refractivity contribution in [3.63, 3.8) is 0 Å². The highest BCUT2D eigenvalue weighted by molar-refractivity contribution is 5.68. The minimum atomic E-state index is -4.29. The Morgan fingerprint density at radius 3 is 2.70 bits per heavy atom. The number of alkyl halides is 3. The number of imidazole rings is 1. The zero-order chi connectivity index (χ0) is 20.2. The van der Waals surface area contributed by atoms with Gasteiger partial charge in [-0.05, 0) is 47.1 Å². The average Bonchev–Trinajstić information content (AvgIpc) is 2.90. The molecule has 2 unspecified atom stereocenters. The van der Waals surface area contributed by atoms with Crippen LogP contribution in [0.15, 0.2) is 12.4 Å². The molecule has 9 heteroatoms. The van der Waals surface area contributed by atoms with Crippen LogP contribution >= 0.6 is 0 Å². The molecule has 6 nitrogen and oxygen atoms in total. The van der Waals surface area contributed by atoms with Crippen LogP contribution in [0, 0.1) is 0 Å². The van der Waals surface area contributed by atoms with Gasteiger partial charge in [0.1, 0.15) is 18.0 Å². The fourth-order valence-electron chi connectivity index (χ4n) is 3.38. The molecule has 1 N–H and O–H groups in total. The van der Waals surface area contributed by atoms with Gasteiger partial charge in [-0.15, -0.1) is 0 Å². The quantitative estimate of drug-likeness (QED) is 0.833. The fraction of sp³-hybridized carbons (Fsp3) is 0.778. The summed E-state index contributed by atoms with van der Waals surface area (Å²) in [5.41, 5.74) is -0.585. The molecule has 0 aromatic carbocycles. The number of amides is 1. The Labute approximate surface area is 158 Å². The summed E-state index contributed by atoms with van der Waals surface area (Å²) in [6.45, 7) is 7.31. The molecule has 2 atom stereocenters. The van der Waals surface area contributed by atoms with Gasteiger partial charge >= 0.3 is 12.3 Å². The van der Waals surface area contributed by atoms with Crippen molar-refractivity contribution in [2.75, 3.05) is 6.54 Å². The molecule has 1 fully saturated rings. The van der Waals surface area contributed by atoms with Crippen molar-refractivity contribution in [2.24, 2.45) is 0 Å². The van der Waals surface area contributed by atoms with Crippen LogP contribution in [0.2, 0.25) is 0 Å². The number of hydrogen-bond donors (Lipinski definition) is 1. The number of piperidine rings is 1. The van der Waals surface area contributed by atoms with E-state index in [0.717, 1.165) is 30.4 Å². The summed E-state index contributed by atoms with van der Waals surface area (Å²) in [4.78, 5) is 18.3. The summed E-state index contributed by atoms with van der Waals surface area (Å²) in [6.07, 6.45) is 0.805. The Morgan fingerprint density at radius 1 is 1.37 bits per heavy atom. The number of nitrogens with zero attached hydrogens (tertiary/aromatic N) is 3. The number of aromatic nitrogens is 2. The molecule has 1 amide bonds. The van der Waals surface area contributed by atoms with Gasteiger partial charge in [-0.2, -0.15) is 13.2 Å². The first-order chi connectivity index (χ1) is 12.4. The maximum Gasteiger partial charge on any atom is 0.407 e. The first-order valence-corrected chi connectivity index (χ1v) is 9.25. The molecule has 0 spiro atoms. The van der Waals surface area contributed by atoms with E-state index < -0.39 is 24.4 Å². The van der Waals surface area contributed by atoms with E-state index in [1.54, 1.807) is 20.8 Å². The van der Waals surface area contributed by atoms with E-state index in [0.29, 0.717) is 12.4 Å². The number of carbonyl (C=O) groups excluding carboxylic acids is 1. The van der Waals surface area contributed by atoms with Crippen LogP contribution in [-0.2, 0) is 17.8 Å². The fourth-order valence-corrected chi connectivity index (χ4v) is 3.38.